The molecule has 6 heteroatoms. The molecule has 260 valence electrons. The minimum absolute atomic E-state index is 0. The monoisotopic (exact) mass is 631 g/mol. The van der Waals surface area contributed by atoms with Gasteiger partial charge < -0.3 is 14.6 Å². The van der Waals surface area contributed by atoms with Crippen LogP contribution in [0.4, 0.5) is 11.4 Å². The minimum atomic E-state index is -0.681. The van der Waals surface area contributed by atoms with Gasteiger partial charge in [-0.15, -0.1) is 0 Å². The summed E-state index contributed by atoms with van der Waals surface area (Å²) in [5, 5.41) is 18.7. The van der Waals surface area contributed by atoms with E-state index in [4.69, 9.17) is 9.47 Å². The SMILES string of the molecule is C.C.C.C.CCCCCCCCCC(Oc1ccc(N=Nc2ccc(CCCCCC)cc2)cc1)C(=O)OC(C)CC(O)CC. The Morgan fingerprint density at radius 1 is 0.711 bits per heavy atom. The lowest BCUT2D eigenvalue weighted by molar-refractivity contribution is -0.158. The number of azo groups is 1. The number of nitrogens with zero attached hydrogens (tertiary/aromatic N) is 2. The largest absolute Gasteiger partial charge is 0.479 e. The van der Waals surface area contributed by atoms with Crippen LogP contribution in [0.2, 0.25) is 0 Å². The Bertz CT molecular complexity index is 976. The van der Waals surface area contributed by atoms with Crippen molar-refractivity contribution in [1.29, 1.82) is 0 Å². The zero-order valence-electron chi connectivity index (χ0n) is 26.0. The van der Waals surface area contributed by atoms with E-state index < -0.39 is 12.2 Å². The van der Waals surface area contributed by atoms with Crippen molar-refractivity contribution in [2.75, 3.05) is 0 Å². The summed E-state index contributed by atoms with van der Waals surface area (Å²) >= 11 is 0. The molecule has 0 amide bonds. The highest BCUT2D eigenvalue weighted by Crippen LogP contribution is 2.24. The highest BCUT2D eigenvalue weighted by Gasteiger charge is 2.24. The molecule has 0 aliphatic carbocycles. The predicted molar refractivity (Wildman–Crippen MR) is 195 cm³/mol. The van der Waals surface area contributed by atoms with Crippen LogP contribution in [0.1, 0.15) is 153 Å². The van der Waals surface area contributed by atoms with Crippen molar-refractivity contribution in [2.24, 2.45) is 10.2 Å². The van der Waals surface area contributed by atoms with Gasteiger partial charge in [0, 0.05) is 6.42 Å². The number of carbonyl (C=O) groups is 1. The number of carbonyl (C=O) groups excluding carboxylic acids is 1. The van der Waals surface area contributed by atoms with Crippen molar-refractivity contribution >= 4 is 17.3 Å². The highest BCUT2D eigenvalue weighted by atomic mass is 16.6. The van der Waals surface area contributed by atoms with E-state index >= 15 is 0 Å². The van der Waals surface area contributed by atoms with Crippen LogP contribution < -0.4 is 4.74 Å². The van der Waals surface area contributed by atoms with E-state index in [2.05, 4.69) is 36.2 Å². The molecule has 0 aliphatic heterocycles. The van der Waals surface area contributed by atoms with E-state index in [-0.39, 0.29) is 41.8 Å². The topological polar surface area (TPSA) is 80.5 Å². The number of hydrogen-bond acceptors (Lipinski definition) is 6. The van der Waals surface area contributed by atoms with Gasteiger partial charge in [0.25, 0.3) is 0 Å². The van der Waals surface area contributed by atoms with E-state index in [0.29, 0.717) is 25.0 Å². The standard InChI is InChI=1S/C35H54N2O4.4CH4/c1-5-8-10-12-13-14-16-18-34(35(39)40-28(4)27-32(38)7-3)41-33-25-23-31(24-26-33)37-36-30-21-19-29(20-22-30)17-15-11-9-6-2;;;;/h19-26,28,32,34,38H,5-18,27H2,1-4H3;4*1H4. The van der Waals surface area contributed by atoms with Crippen LogP contribution in [0, 0.1) is 0 Å². The fourth-order valence-electron chi connectivity index (χ4n) is 4.74. The lowest BCUT2D eigenvalue weighted by atomic mass is 10.1. The summed E-state index contributed by atoms with van der Waals surface area (Å²) in [6, 6.07) is 15.6. The molecular formula is C39H70N2O4. The molecule has 0 fully saturated rings. The maximum absolute atomic E-state index is 13.0. The number of rotatable bonds is 22. The van der Waals surface area contributed by atoms with Gasteiger partial charge in [0.15, 0.2) is 6.10 Å². The van der Waals surface area contributed by atoms with E-state index in [1.165, 1.54) is 63.4 Å². The third kappa shape index (κ3) is 20.8. The van der Waals surface area contributed by atoms with Gasteiger partial charge in [-0.25, -0.2) is 4.79 Å². The van der Waals surface area contributed by atoms with Gasteiger partial charge in [-0.05, 0) is 81.0 Å². The molecule has 0 saturated heterocycles. The molecule has 2 aromatic rings. The van der Waals surface area contributed by atoms with Crippen molar-refractivity contribution in [3.05, 3.63) is 54.1 Å². The Kier molecular flexibility index (Phi) is 29.8. The average Bonchev–Trinajstić information content (AvgIpc) is 2.98. The molecule has 0 spiro atoms. The number of benzene rings is 2. The van der Waals surface area contributed by atoms with Gasteiger partial charge in [0.05, 0.1) is 17.5 Å². The summed E-state index contributed by atoms with van der Waals surface area (Å²) in [5.41, 5.74) is 2.87. The summed E-state index contributed by atoms with van der Waals surface area (Å²) in [6.07, 6.45) is 14.4. The number of aryl methyl sites for hydroxylation is 1. The number of hydrogen-bond donors (Lipinski definition) is 1. The van der Waals surface area contributed by atoms with Crippen LogP contribution in [-0.4, -0.2) is 29.4 Å². The Morgan fingerprint density at radius 2 is 1.20 bits per heavy atom. The Hall–Kier alpha value is -2.73. The third-order valence-corrected chi connectivity index (χ3v) is 7.38. The van der Waals surface area contributed by atoms with Gasteiger partial charge >= 0.3 is 5.97 Å². The number of aliphatic hydroxyl groups excluding tert-OH is 1. The second kappa shape index (κ2) is 28.7. The maximum atomic E-state index is 13.0. The first-order valence-electron chi connectivity index (χ1n) is 16.1. The fourth-order valence-corrected chi connectivity index (χ4v) is 4.74. The van der Waals surface area contributed by atoms with E-state index in [0.717, 1.165) is 30.6 Å². The number of esters is 1. The highest BCUT2D eigenvalue weighted by molar-refractivity contribution is 5.75. The van der Waals surface area contributed by atoms with Crippen molar-refractivity contribution < 1.29 is 19.4 Å². The minimum Gasteiger partial charge on any atom is -0.479 e. The van der Waals surface area contributed by atoms with E-state index in [9.17, 15) is 9.90 Å². The van der Waals surface area contributed by atoms with Gasteiger partial charge in [-0.2, -0.15) is 10.2 Å². The molecular weight excluding hydrogens is 560 g/mol. The van der Waals surface area contributed by atoms with Crippen LogP contribution >= 0.6 is 0 Å². The third-order valence-electron chi connectivity index (χ3n) is 7.38. The summed E-state index contributed by atoms with van der Waals surface area (Å²) in [5.74, 6) is 0.229. The van der Waals surface area contributed by atoms with Crippen molar-refractivity contribution in [3.63, 3.8) is 0 Å². The quantitative estimate of drug-likeness (QED) is 0.0797. The maximum Gasteiger partial charge on any atom is 0.347 e. The Labute approximate surface area is 278 Å². The molecule has 3 unspecified atom stereocenters. The van der Waals surface area contributed by atoms with Crippen LogP contribution in [0.25, 0.3) is 0 Å². The molecule has 0 aromatic heterocycles. The molecule has 0 bridgehead atoms. The molecule has 3 atom stereocenters. The van der Waals surface area contributed by atoms with Crippen LogP contribution in [0.15, 0.2) is 58.8 Å². The predicted octanol–water partition coefficient (Wildman–Crippen LogP) is 12.7. The van der Waals surface area contributed by atoms with Crippen molar-refractivity contribution in [1.82, 2.24) is 0 Å². The van der Waals surface area contributed by atoms with Crippen LogP contribution in [0.3, 0.4) is 0 Å². The zero-order valence-corrected chi connectivity index (χ0v) is 26.0. The lowest BCUT2D eigenvalue weighted by Crippen LogP contribution is -2.33. The molecule has 2 rings (SSSR count). The molecule has 1 N–H and O–H groups in total. The van der Waals surface area contributed by atoms with Crippen molar-refractivity contribution in [2.45, 2.75) is 172 Å². The first-order valence-corrected chi connectivity index (χ1v) is 16.1. The van der Waals surface area contributed by atoms with Gasteiger partial charge in [0.2, 0.25) is 0 Å². The van der Waals surface area contributed by atoms with Crippen molar-refractivity contribution in [3.8, 4) is 5.75 Å². The summed E-state index contributed by atoms with van der Waals surface area (Å²) < 4.78 is 11.8. The molecule has 0 radical (unpaired) electrons. The first-order chi connectivity index (χ1) is 19.9. The molecule has 0 heterocycles. The number of aliphatic hydroxyl groups is 1. The summed E-state index contributed by atoms with van der Waals surface area (Å²) in [7, 11) is 0. The van der Waals surface area contributed by atoms with Crippen LogP contribution in [-0.2, 0) is 16.0 Å². The Morgan fingerprint density at radius 3 is 1.73 bits per heavy atom. The average molecular weight is 631 g/mol. The second-order valence-corrected chi connectivity index (χ2v) is 11.2. The zero-order chi connectivity index (χ0) is 29.7. The van der Waals surface area contributed by atoms with Crippen LogP contribution in [0.5, 0.6) is 5.75 Å². The summed E-state index contributed by atoms with van der Waals surface area (Å²) in [6.45, 7) is 8.19. The first kappa shape index (κ1) is 46.7. The van der Waals surface area contributed by atoms with E-state index in [1.54, 1.807) is 0 Å². The molecule has 0 saturated carbocycles. The number of ether oxygens (including phenoxy) is 2. The fraction of sp³-hybridized carbons (Fsp3) is 0.667. The molecule has 0 aliphatic rings. The molecule has 6 nitrogen and oxygen atoms in total. The molecule has 45 heavy (non-hydrogen) atoms. The van der Waals surface area contributed by atoms with Gasteiger partial charge in [-0.3, -0.25) is 0 Å². The second-order valence-electron chi connectivity index (χ2n) is 11.2. The van der Waals surface area contributed by atoms with E-state index in [1.807, 2.05) is 50.2 Å². The summed E-state index contributed by atoms with van der Waals surface area (Å²) in [4.78, 5) is 13.0. The normalized spacial score (nSPS) is 12.5. The van der Waals surface area contributed by atoms with Gasteiger partial charge in [0.1, 0.15) is 11.9 Å². The smallest absolute Gasteiger partial charge is 0.347 e. The number of unbranched alkanes of at least 4 members (excludes halogenated alkanes) is 9. The molecule has 2 aromatic carbocycles. The lowest BCUT2D eigenvalue weighted by Gasteiger charge is -2.22. The van der Waals surface area contributed by atoms with Gasteiger partial charge in [-0.1, -0.05) is 120 Å². The Balaban J connectivity index is -0.00000441.